The van der Waals surface area contributed by atoms with Crippen LogP contribution in [0.1, 0.15) is 37.9 Å². The van der Waals surface area contributed by atoms with Crippen molar-refractivity contribution in [2.75, 3.05) is 25.0 Å². The highest BCUT2D eigenvalue weighted by Crippen LogP contribution is 2.42. The lowest BCUT2D eigenvalue weighted by Crippen LogP contribution is -2.31. The second-order valence-electron chi connectivity index (χ2n) is 6.12. The average molecular weight is 422 g/mol. The molecule has 2 aromatic rings. The zero-order valence-electron chi connectivity index (χ0n) is 15.4. The quantitative estimate of drug-likeness (QED) is 0.593. The molecule has 0 unspecified atom stereocenters. The Morgan fingerprint density at radius 1 is 1.37 bits per heavy atom. The number of aliphatic hydroxyl groups excluding tert-OH is 1. The number of anilines is 1. The first-order chi connectivity index (χ1) is 12.7. The lowest BCUT2D eigenvalue weighted by molar-refractivity contribution is -0.121. The van der Waals surface area contributed by atoms with E-state index in [1.807, 2.05) is 13.8 Å². The lowest BCUT2D eigenvalue weighted by atomic mass is 9.96. The number of amides is 1. The molecule has 0 fully saturated rings. The van der Waals surface area contributed by atoms with E-state index < -0.39 is 25.0 Å². The van der Waals surface area contributed by atoms with E-state index in [2.05, 4.69) is 15.6 Å². The highest BCUT2D eigenvalue weighted by molar-refractivity contribution is 6.45. The van der Waals surface area contributed by atoms with Gasteiger partial charge in [0.05, 0.1) is 28.0 Å². The van der Waals surface area contributed by atoms with Crippen molar-refractivity contribution in [3.63, 3.8) is 0 Å². The number of nitrogens with one attached hydrogen (secondary N) is 3. The molecular weight excluding hydrogens is 399 g/mol. The summed E-state index contributed by atoms with van der Waals surface area (Å²) in [5, 5.41) is 15.3. The molecule has 0 bridgehead atoms. The number of halogens is 4. The van der Waals surface area contributed by atoms with E-state index in [1.54, 1.807) is 6.92 Å². The molecule has 1 aromatic carbocycles. The molecule has 3 rings (SSSR count). The third-order valence-corrected chi connectivity index (χ3v) is 5.15. The Morgan fingerprint density at radius 3 is 2.67 bits per heavy atom. The summed E-state index contributed by atoms with van der Waals surface area (Å²) in [6, 6.07) is 1.46. The Bertz CT molecular complexity index is 840. The fraction of sp³-hybridized carbons (Fsp3) is 0.500. The summed E-state index contributed by atoms with van der Waals surface area (Å²) in [7, 11) is 0. The zero-order valence-corrected chi connectivity index (χ0v) is 16.9. The standard InChI is InChI=1S/C16H17Cl2F2N3O2.C2H6/c1-7-11-9(2-3-21-15(7)25)23-14-12(11)10(4-8(17)13(14)18)22-5-16(19,20)6-24;1-2/h4,7,22-24H,2-3,5-6H2,1H3,(H,21,25);1-2H3/t7-;/m0./s1. The van der Waals surface area contributed by atoms with E-state index in [9.17, 15) is 13.6 Å². The molecule has 5 nitrogen and oxygen atoms in total. The van der Waals surface area contributed by atoms with Crippen LogP contribution in [0.2, 0.25) is 10.0 Å². The van der Waals surface area contributed by atoms with Gasteiger partial charge in [0.2, 0.25) is 5.91 Å². The third-order valence-electron chi connectivity index (χ3n) is 4.36. The summed E-state index contributed by atoms with van der Waals surface area (Å²) in [6.45, 7) is 4.19. The molecule has 0 aliphatic carbocycles. The first-order valence-corrected chi connectivity index (χ1v) is 9.53. The molecule has 1 atom stereocenters. The van der Waals surface area contributed by atoms with Gasteiger partial charge in [-0.25, -0.2) is 8.78 Å². The molecule has 27 heavy (non-hydrogen) atoms. The smallest absolute Gasteiger partial charge is 0.287 e. The van der Waals surface area contributed by atoms with Crippen LogP contribution < -0.4 is 10.6 Å². The molecule has 0 saturated carbocycles. The molecule has 1 aromatic heterocycles. The molecule has 2 heterocycles. The van der Waals surface area contributed by atoms with Crippen LogP contribution in [0, 0.1) is 0 Å². The topological polar surface area (TPSA) is 77.2 Å². The van der Waals surface area contributed by atoms with Crippen LogP contribution in [0.5, 0.6) is 0 Å². The van der Waals surface area contributed by atoms with Crippen LogP contribution >= 0.6 is 23.2 Å². The minimum absolute atomic E-state index is 0.141. The van der Waals surface area contributed by atoms with Gasteiger partial charge in [-0.05, 0) is 18.6 Å². The maximum atomic E-state index is 13.4. The van der Waals surface area contributed by atoms with E-state index in [0.29, 0.717) is 29.6 Å². The average Bonchev–Trinajstić information content (AvgIpc) is 2.98. The van der Waals surface area contributed by atoms with Gasteiger partial charge in [0, 0.05) is 29.7 Å². The highest BCUT2D eigenvalue weighted by Gasteiger charge is 2.31. The first-order valence-electron chi connectivity index (χ1n) is 8.78. The molecule has 1 aliphatic heterocycles. The fourth-order valence-electron chi connectivity index (χ4n) is 3.08. The zero-order chi connectivity index (χ0) is 20.4. The Balaban J connectivity index is 0.00000126. The number of carbonyl (C=O) groups excluding carboxylic acids is 1. The van der Waals surface area contributed by atoms with Gasteiger partial charge in [0.15, 0.2) is 0 Å². The Hall–Kier alpha value is -1.57. The number of aromatic nitrogens is 1. The number of alkyl halides is 2. The summed E-state index contributed by atoms with van der Waals surface area (Å²) in [5.41, 5.74) is 2.40. The second-order valence-corrected chi connectivity index (χ2v) is 6.90. The van der Waals surface area contributed by atoms with E-state index in [-0.39, 0.29) is 16.0 Å². The van der Waals surface area contributed by atoms with Crippen LogP contribution in [0.4, 0.5) is 14.5 Å². The third kappa shape index (κ3) is 4.31. The van der Waals surface area contributed by atoms with E-state index in [0.717, 1.165) is 11.3 Å². The van der Waals surface area contributed by atoms with Gasteiger partial charge in [-0.2, -0.15) is 0 Å². The number of aromatic amines is 1. The molecule has 4 N–H and O–H groups in total. The van der Waals surface area contributed by atoms with Gasteiger partial charge in [0.25, 0.3) is 5.92 Å². The summed E-state index contributed by atoms with van der Waals surface area (Å²) in [5.74, 6) is -3.89. The number of carbonyl (C=O) groups is 1. The van der Waals surface area contributed by atoms with Crippen LogP contribution in [0.15, 0.2) is 6.07 Å². The number of H-pyrrole nitrogens is 1. The van der Waals surface area contributed by atoms with Gasteiger partial charge >= 0.3 is 0 Å². The van der Waals surface area contributed by atoms with Crippen LogP contribution in [0.3, 0.4) is 0 Å². The van der Waals surface area contributed by atoms with Crippen LogP contribution in [-0.2, 0) is 11.2 Å². The normalized spacial score (nSPS) is 16.9. The lowest BCUT2D eigenvalue weighted by Gasteiger charge is -2.18. The largest absolute Gasteiger partial charge is 0.390 e. The van der Waals surface area contributed by atoms with E-state index in [1.165, 1.54) is 6.07 Å². The second kappa shape index (κ2) is 8.63. The van der Waals surface area contributed by atoms with Crippen molar-refractivity contribution in [3.05, 3.63) is 27.4 Å². The van der Waals surface area contributed by atoms with Crippen LogP contribution in [0.25, 0.3) is 10.9 Å². The number of benzene rings is 1. The van der Waals surface area contributed by atoms with Crippen LogP contribution in [-0.4, -0.2) is 41.6 Å². The van der Waals surface area contributed by atoms with E-state index in [4.69, 9.17) is 28.3 Å². The van der Waals surface area contributed by atoms with Crippen molar-refractivity contribution in [1.82, 2.24) is 10.3 Å². The van der Waals surface area contributed by atoms with Crippen molar-refractivity contribution < 1.29 is 18.7 Å². The molecule has 150 valence electrons. The minimum atomic E-state index is -3.28. The number of hydrogen-bond donors (Lipinski definition) is 4. The molecule has 0 saturated heterocycles. The number of hydrogen-bond acceptors (Lipinski definition) is 3. The first kappa shape index (κ1) is 21.7. The van der Waals surface area contributed by atoms with Crippen molar-refractivity contribution in [2.45, 2.75) is 39.0 Å². The number of aliphatic hydroxyl groups is 1. The highest BCUT2D eigenvalue weighted by atomic mass is 35.5. The summed E-state index contributed by atoms with van der Waals surface area (Å²) in [6.07, 6.45) is 0.570. The molecule has 9 heteroatoms. The predicted octanol–water partition coefficient (Wildman–Crippen LogP) is 4.32. The maximum Gasteiger partial charge on any atom is 0.287 e. The summed E-state index contributed by atoms with van der Waals surface area (Å²) in [4.78, 5) is 15.4. The van der Waals surface area contributed by atoms with Crippen molar-refractivity contribution in [3.8, 4) is 0 Å². The van der Waals surface area contributed by atoms with Gasteiger partial charge in [0.1, 0.15) is 6.61 Å². The Labute approximate surface area is 166 Å². The SMILES string of the molecule is CC.C[C@@H]1C(=O)NCCc2[nH]c3c(Cl)c(Cl)cc(NCC(F)(F)CO)c3c21. The fourth-order valence-corrected chi connectivity index (χ4v) is 3.48. The maximum absolute atomic E-state index is 13.4. The van der Waals surface area contributed by atoms with Gasteiger partial charge in [-0.1, -0.05) is 37.0 Å². The Morgan fingerprint density at radius 2 is 2.04 bits per heavy atom. The Kier molecular flexibility index (Phi) is 6.94. The molecular formula is C18H23Cl2F2N3O2. The summed E-state index contributed by atoms with van der Waals surface area (Å²) >= 11 is 12.4. The minimum Gasteiger partial charge on any atom is -0.390 e. The number of fused-ring (bicyclic) bond motifs is 3. The molecule has 0 spiro atoms. The van der Waals surface area contributed by atoms with Gasteiger partial charge in [-0.3, -0.25) is 4.79 Å². The molecule has 1 aliphatic rings. The van der Waals surface area contributed by atoms with Crippen molar-refractivity contribution >= 4 is 45.7 Å². The molecule has 1 amide bonds. The predicted molar refractivity (Wildman–Crippen MR) is 105 cm³/mol. The van der Waals surface area contributed by atoms with Gasteiger partial charge < -0.3 is 20.7 Å². The monoisotopic (exact) mass is 421 g/mol. The van der Waals surface area contributed by atoms with E-state index >= 15 is 0 Å². The van der Waals surface area contributed by atoms with Crippen molar-refractivity contribution in [1.29, 1.82) is 0 Å². The van der Waals surface area contributed by atoms with Gasteiger partial charge in [-0.15, -0.1) is 0 Å². The summed E-state index contributed by atoms with van der Waals surface area (Å²) < 4.78 is 26.9. The molecule has 0 radical (unpaired) electrons. The number of rotatable bonds is 4. The van der Waals surface area contributed by atoms with Crippen molar-refractivity contribution in [2.24, 2.45) is 0 Å².